The SMILES string of the molecule is CCOC(=O)O.ON=C(c1ccccc1)c1ccccc1. The lowest BCUT2D eigenvalue weighted by molar-refractivity contribution is 0.0966. The van der Waals surface area contributed by atoms with Crippen molar-refractivity contribution in [1.29, 1.82) is 0 Å². The molecule has 0 spiro atoms. The van der Waals surface area contributed by atoms with Crippen LogP contribution >= 0.6 is 0 Å². The molecule has 0 bridgehead atoms. The molecule has 0 fully saturated rings. The highest BCUT2D eigenvalue weighted by atomic mass is 16.7. The number of rotatable bonds is 3. The van der Waals surface area contributed by atoms with Crippen molar-refractivity contribution in [1.82, 2.24) is 0 Å². The van der Waals surface area contributed by atoms with Gasteiger partial charge >= 0.3 is 6.16 Å². The van der Waals surface area contributed by atoms with Gasteiger partial charge in [0.1, 0.15) is 5.71 Å². The van der Waals surface area contributed by atoms with E-state index in [1.165, 1.54) is 0 Å². The number of benzene rings is 2. The zero-order valence-electron chi connectivity index (χ0n) is 11.6. The van der Waals surface area contributed by atoms with Gasteiger partial charge in [-0.1, -0.05) is 65.8 Å². The van der Waals surface area contributed by atoms with E-state index in [0.717, 1.165) is 11.1 Å². The first-order valence-corrected chi connectivity index (χ1v) is 6.37. The van der Waals surface area contributed by atoms with Gasteiger partial charge in [-0.3, -0.25) is 0 Å². The number of nitrogens with zero attached hydrogens (tertiary/aromatic N) is 1. The van der Waals surface area contributed by atoms with Crippen LogP contribution in [-0.2, 0) is 4.74 Å². The van der Waals surface area contributed by atoms with Gasteiger partial charge in [-0.25, -0.2) is 4.79 Å². The Morgan fingerprint density at radius 3 is 1.67 bits per heavy atom. The second-order valence-corrected chi connectivity index (χ2v) is 3.88. The van der Waals surface area contributed by atoms with E-state index in [1.807, 2.05) is 60.7 Å². The Morgan fingerprint density at radius 2 is 1.43 bits per heavy atom. The van der Waals surface area contributed by atoms with E-state index >= 15 is 0 Å². The summed E-state index contributed by atoms with van der Waals surface area (Å²) in [6.07, 6.45) is -1.21. The van der Waals surface area contributed by atoms with Crippen LogP contribution < -0.4 is 0 Å². The maximum Gasteiger partial charge on any atom is 0.505 e. The predicted molar refractivity (Wildman–Crippen MR) is 80.0 cm³/mol. The van der Waals surface area contributed by atoms with Gasteiger partial charge in [-0.2, -0.15) is 0 Å². The van der Waals surface area contributed by atoms with E-state index in [-0.39, 0.29) is 6.61 Å². The molecular weight excluding hydrogens is 270 g/mol. The molecule has 2 aromatic rings. The second-order valence-electron chi connectivity index (χ2n) is 3.88. The van der Waals surface area contributed by atoms with Crippen molar-refractivity contribution in [2.45, 2.75) is 6.92 Å². The van der Waals surface area contributed by atoms with Gasteiger partial charge in [0.15, 0.2) is 0 Å². The van der Waals surface area contributed by atoms with Gasteiger partial charge in [0.2, 0.25) is 0 Å². The van der Waals surface area contributed by atoms with Crippen LogP contribution in [0.25, 0.3) is 0 Å². The molecule has 0 unspecified atom stereocenters. The van der Waals surface area contributed by atoms with Crippen molar-refractivity contribution >= 4 is 11.9 Å². The lowest BCUT2D eigenvalue weighted by Gasteiger charge is -2.03. The molecule has 0 heterocycles. The van der Waals surface area contributed by atoms with Crippen LogP contribution in [0.4, 0.5) is 4.79 Å². The Labute approximate surface area is 123 Å². The Bertz CT molecular complexity index is 526. The Hall–Kier alpha value is -2.82. The summed E-state index contributed by atoms with van der Waals surface area (Å²) < 4.78 is 3.96. The normalized spacial score (nSPS) is 9.00. The van der Waals surface area contributed by atoms with Gasteiger partial charge in [-0.05, 0) is 6.92 Å². The van der Waals surface area contributed by atoms with Crippen molar-refractivity contribution in [2.24, 2.45) is 5.16 Å². The smallest absolute Gasteiger partial charge is 0.450 e. The first kappa shape index (κ1) is 16.2. The number of hydrogen-bond donors (Lipinski definition) is 2. The molecule has 110 valence electrons. The van der Waals surface area contributed by atoms with Crippen LogP contribution in [0, 0.1) is 0 Å². The van der Waals surface area contributed by atoms with Crippen molar-refractivity contribution in [3.63, 3.8) is 0 Å². The summed E-state index contributed by atoms with van der Waals surface area (Å²) in [6, 6.07) is 19.2. The lowest BCUT2D eigenvalue weighted by Crippen LogP contribution is -2.02. The molecule has 21 heavy (non-hydrogen) atoms. The van der Waals surface area contributed by atoms with Crippen molar-refractivity contribution in [3.05, 3.63) is 71.8 Å². The van der Waals surface area contributed by atoms with Crippen LogP contribution in [0.2, 0.25) is 0 Å². The summed E-state index contributed by atoms with van der Waals surface area (Å²) in [4.78, 5) is 9.38. The number of carbonyl (C=O) groups is 1. The Kier molecular flexibility index (Phi) is 7.07. The molecule has 0 radical (unpaired) electrons. The van der Waals surface area contributed by atoms with Crippen LogP contribution in [0.1, 0.15) is 18.1 Å². The average molecular weight is 287 g/mol. The van der Waals surface area contributed by atoms with Crippen LogP contribution in [0.3, 0.4) is 0 Å². The minimum absolute atomic E-state index is 0.231. The molecule has 2 rings (SSSR count). The third kappa shape index (κ3) is 5.78. The Balaban J connectivity index is 0.000000315. The molecule has 0 amide bonds. The third-order valence-corrected chi connectivity index (χ3v) is 2.46. The summed E-state index contributed by atoms with van der Waals surface area (Å²) >= 11 is 0. The van der Waals surface area contributed by atoms with Crippen molar-refractivity contribution < 1.29 is 19.8 Å². The molecule has 0 saturated heterocycles. The van der Waals surface area contributed by atoms with Gasteiger partial charge < -0.3 is 15.1 Å². The third-order valence-electron chi connectivity index (χ3n) is 2.46. The number of oxime groups is 1. The van der Waals surface area contributed by atoms with Crippen molar-refractivity contribution in [2.75, 3.05) is 6.61 Å². The molecule has 0 aliphatic heterocycles. The highest BCUT2D eigenvalue weighted by Crippen LogP contribution is 2.09. The van der Waals surface area contributed by atoms with E-state index in [0.29, 0.717) is 5.71 Å². The van der Waals surface area contributed by atoms with Crippen LogP contribution in [-0.4, -0.2) is 28.8 Å². The molecule has 0 aromatic heterocycles. The standard InChI is InChI=1S/C13H11NO.C3H6O3/c15-14-13(11-7-3-1-4-8-11)12-9-5-2-6-10-12;1-2-6-3(4)5/h1-10,15H;2H2,1H3,(H,4,5). The zero-order chi connectivity index (χ0) is 15.5. The fraction of sp³-hybridized carbons (Fsp3) is 0.125. The van der Waals surface area contributed by atoms with Crippen molar-refractivity contribution in [3.8, 4) is 0 Å². The largest absolute Gasteiger partial charge is 0.505 e. The molecule has 0 saturated carbocycles. The van der Waals surface area contributed by atoms with E-state index in [2.05, 4.69) is 9.89 Å². The quantitative estimate of drug-likeness (QED) is 0.391. The summed E-state index contributed by atoms with van der Waals surface area (Å²) in [5.74, 6) is 0. The van der Waals surface area contributed by atoms with Gasteiger partial charge in [0.25, 0.3) is 0 Å². The van der Waals surface area contributed by atoms with Crippen LogP contribution in [0.5, 0.6) is 0 Å². The monoisotopic (exact) mass is 287 g/mol. The molecule has 5 heteroatoms. The van der Waals surface area contributed by atoms with Gasteiger partial charge in [0.05, 0.1) is 6.61 Å². The second kappa shape index (κ2) is 9.14. The van der Waals surface area contributed by atoms with Crippen LogP contribution in [0.15, 0.2) is 65.8 Å². The lowest BCUT2D eigenvalue weighted by atomic mass is 10.0. The van der Waals surface area contributed by atoms with Gasteiger partial charge in [-0.15, -0.1) is 0 Å². The summed E-state index contributed by atoms with van der Waals surface area (Å²) in [5.41, 5.74) is 2.41. The van der Waals surface area contributed by atoms with E-state index < -0.39 is 6.16 Å². The Morgan fingerprint density at radius 1 is 1.00 bits per heavy atom. The molecular formula is C16H17NO4. The molecule has 5 nitrogen and oxygen atoms in total. The minimum Gasteiger partial charge on any atom is -0.450 e. The van der Waals surface area contributed by atoms with E-state index in [1.54, 1.807) is 6.92 Å². The number of hydrogen-bond acceptors (Lipinski definition) is 4. The highest BCUT2D eigenvalue weighted by molar-refractivity contribution is 6.12. The maximum atomic E-state index is 9.38. The molecule has 2 N–H and O–H groups in total. The molecule has 0 aliphatic carbocycles. The fourth-order valence-electron chi connectivity index (χ4n) is 1.60. The van der Waals surface area contributed by atoms with E-state index in [4.69, 9.17) is 10.3 Å². The molecule has 2 aromatic carbocycles. The summed E-state index contributed by atoms with van der Waals surface area (Å²) in [5, 5.41) is 20.1. The summed E-state index contributed by atoms with van der Waals surface area (Å²) in [6.45, 7) is 1.85. The number of carboxylic acid groups (broad SMARTS) is 1. The molecule has 0 aliphatic rings. The maximum absolute atomic E-state index is 9.38. The minimum atomic E-state index is -1.21. The first-order chi connectivity index (χ1) is 10.2. The molecule has 0 atom stereocenters. The topological polar surface area (TPSA) is 79.1 Å². The summed E-state index contributed by atoms with van der Waals surface area (Å²) in [7, 11) is 0. The van der Waals surface area contributed by atoms with E-state index in [9.17, 15) is 4.79 Å². The predicted octanol–water partition coefficient (Wildman–Crippen LogP) is 3.61. The average Bonchev–Trinajstić information content (AvgIpc) is 2.51. The van der Waals surface area contributed by atoms with Gasteiger partial charge in [0, 0.05) is 11.1 Å². The first-order valence-electron chi connectivity index (χ1n) is 6.37. The number of ether oxygens (including phenoxy) is 1. The zero-order valence-corrected chi connectivity index (χ0v) is 11.6. The highest BCUT2D eigenvalue weighted by Gasteiger charge is 2.05. The fourth-order valence-corrected chi connectivity index (χ4v) is 1.60.